The van der Waals surface area contributed by atoms with E-state index in [0.717, 1.165) is 23.4 Å². The number of amides is 2. The van der Waals surface area contributed by atoms with E-state index in [1.54, 1.807) is 12.1 Å². The number of rotatable bonds is 11. The van der Waals surface area contributed by atoms with Gasteiger partial charge in [0.05, 0.1) is 11.9 Å². The molecule has 3 rings (SSSR count). The van der Waals surface area contributed by atoms with Gasteiger partial charge in [0.1, 0.15) is 18.4 Å². The van der Waals surface area contributed by atoms with E-state index in [4.69, 9.17) is 9.47 Å². The molecule has 1 N–H and O–H groups in total. The summed E-state index contributed by atoms with van der Waals surface area (Å²) in [5.74, 6) is -0.770. The summed E-state index contributed by atoms with van der Waals surface area (Å²) in [7, 11) is -3.89. The molecule has 35 heavy (non-hydrogen) atoms. The van der Waals surface area contributed by atoms with Crippen molar-refractivity contribution in [3.63, 3.8) is 0 Å². The third-order valence-corrected chi connectivity index (χ3v) is 6.76. The van der Waals surface area contributed by atoms with Crippen LogP contribution in [0.4, 0.5) is 10.1 Å². The minimum absolute atomic E-state index is 0.0116. The second-order valence-electron chi connectivity index (χ2n) is 8.24. The number of nitrogens with one attached hydrogen (secondary N) is 1. The maximum Gasteiger partial charge on any atom is 0.244 e. The molecule has 0 saturated carbocycles. The smallest absolute Gasteiger partial charge is 0.244 e. The highest BCUT2D eigenvalue weighted by atomic mass is 32.2. The third kappa shape index (κ3) is 6.62. The van der Waals surface area contributed by atoms with Crippen molar-refractivity contribution >= 4 is 27.5 Å². The highest BCUT2D eigenvalue weighted by Crippen LogP contribution is 2.36. The molecular weight excluding hydrogens is 477 g/mol. The van der Waals surface area contributed by atoms with E-state index in [9.17, 15) is 22.4 Å². The topological polar surface area (TPSA) is 105 Å². The molecule has 0 saturated heterocycles. The lowest BCUT2D eigenvalue weighted by molar-refractivity contribution is -0.139. The number of benzene rings is 2. The molecule has 1 heterocycles. The van der Waals surface area contributed by atoms with Gasteiger partial charge in [-0.2, -0.15) is 0 Å². The minimum Gasteiger partial charge on any atom is -0.454 e. The lowest BCUT2D eigenvalue weighted by atomic mass is 10.1. The van der Waals surface area contributed by atoms with Crippen LogP contribution in [0.2, 0.25) is 0 Å². The zero-order valence-corrected chi connectivity index (χ0v) is 20.8. The van der Waals surface area contributed by atoms with E-state index < -0.39 is 40.2 Å². The number of nitrogens with zero attached hydrogens (tertiary/aromatic N) is 2. The Hall–Kier alpha value is -3.34. The number of fused-ring (bicyclic) bond motifs is 1. The SMILES string of the molecule is CCCCNC(=O)[C@H](C)N(Cc1ccccc1F)C(=O)CN(c1ccc2c(c1)OCO2)S(C)(=O)=O. The van der Waals surface area contributed by atoms with Gasteiger partial charge < -0.3 is 19.7 Å². The Kier molecular flexibility index (Phi) is 8.55. The maximum absolute atomic E-state index is 14.4. The molecule has 0 fully saturated rings. The second-order valence-corrected chi connectivity index (χ2v) is 10.1. The molecule has 2 aromatic carbocycles. The number of hydrogen-bond donors (Lipinski definition) is 1. The lowest BCUT2D eigenvalue weighted by Gasteiger charge is -2.31. The summed E-state index contributed by atoms with van der Waals surface area (Å²) in [6.45, 7) is 3.18. The van der Waals surface area contributed by atoms with Crippen LogP contribution in [-0.2, 0) is 26.2 Å². The number of ether oxygens (including phenoxy) is 2. The van der Waals surface area contributed by atoms with Crippen molar-refractivity contribution in [3.05, 3.63) is 53.8 Å². The highest BCUT2D eigenvalue weighted by Gasteiger charge is 2.31. The first-order valence-corrected chi connectivity index (χ1v) is 13.1. The normalized spacial score (nSPS) is 13.3. The number of halogens is 1. The van der Waals surface area contributed by atoms with E-state index in [0.29, 0.717) is 18.0 Å². The van der Waals surface area contributed by atoms with Crippen LogP contribution in [0.5, 0.6) is 11.5 Å². The summed E-state index contributed by atoms with van der Waals surface area (Å²) < 4.78 is 51.2. The number of unbranched alkanes of at least 4 members (excludes halogenated alkanes) is 1. The number of anilines is 1. The lowest BCUT2D eigenvalue weighted by Crippen LogP contribution is -2.51. The molecule has 0 aliphatic carbocycles. The Bertz CT molecular complexity index is 1170. The summed E-state index contributed by atoms with van der Waals surface area (Å²) >= 11 is 0. The van der Waals surface area contributed by atoms with Crippen LogP contribution in [-0.4, -0.2) is 57.3 Å². The van der Waals surface area contributed by atoms with Crippen molar-refractivity contribution in [1.82, 2.24) is 10.2 Å². The summed E-state index contributed by atoms with van der Waals surface area (Å²) in [4.78, 5) is 27.4. The average Bonchev–Trinajstić information content (AvgIpc) is 3.28. The Morgan fingerprint density at radius 3 is 2.54 bits per heavy atom. The van der Waals surface area contributed by atoms with Crippen molar-refractivity contribution in [3.8, 4) is 11.5 Å². The van der Waals surface area contributed by atoms with Gasteiger partial charge in [0.15, 0.2) is 11.5 Å². The Balaban J connectivity index is 1.89. The summed E-state index contributed by atoms with van der Waals surface area (Å²) in [6.07, 6.45) is 2.63. The van der Waals surface area contributed by atoms with Gasteiger partial charge in [0.2, 0.25) is 28.6 Å². The molecule has 0 bridgehead atoms. The molecule has 1 aliphatic heterocycles. The fraction of sp³-hybridized carbons (Fsp3) is 0.417. The molecule has 0 spiro atoms. The molecule has 11 heteroatoms. The predicted octanol–water partition coefficient (Wildman–Crippen LogP) is 2.65. The largest absolute Gasteiger partial charge is 0.454 e. The van der Waals surface area contributed by atoms with Gasteiger partial charge >= 0.3 is 0 Å². The number of carbonyl (C=O) groups excluding carboxylic acids is 2. The molecule has 0 aromatic heterocycles. The van der Waals surface area contributed by atoms with E-state index in [-0.39, 0.29) is 24.6 Å². The molecule has 190 valence electrons. The predicted molar refractivity (Wildman–Crippen MR) is 129 cm³/mol. The summed E-state index contributed by atoms with van der Waals surface area (Å²) in [5.41, 5.74) is 0.416. The highest BCUT2D eigenvalue weighted by molar-refractivity contribution is 7.92. The van der Waals surface area contributed by atoms with E-state index in [2.05, 4.69) is 5.32 Å². The fourth-order valence-corrected chi connectivity index (χ4v) is 4.42. The number of carbonyl (C=O) groups is 2. The molecule has 0 radical (unpaired) electrons. The second kappa shape index (κ2) is 11.4. The summed E-state index contributed by atoms with van der Waals surface area (Å²) in [5, 5.41) is 2.77. The van der Waals surface area contributed by atoms with Crippen molar-refractivity contribution in [2.75, 3.05) is 30.4 Å². The van der Waals surface area contributed by atoms with Crippen molar-refractivity contribution < 1.29 is 31.9 Å². The standard InChI is InChI=1S/C24H30FN3O6S/c1-4-5-12-26-24(30)17(2)27(14-18-8-6-7-9-20(18)25)23(29)15-28(35(3,31)32)19-10-11-21-22(13-19)34-16-33-21/h6-11,13,17H,4-5,12,14-16H2,1-3H3,(H,26,30)/t17-/m0/s1. The van der Waals surface area contributed by atoms with E-state index in [1.165, 1.54) is 42.2 Å². The molecule has 0 unspecified atom stereocenters. The fourth-order valence-electron chi connectivity index (χ4n) is 3.58. The quantitative estimate of drug-likeness (QED) is 0.469. The number of sulfonamides is 1. The maximum atomic E-state index is 14.4. The van der Waals surface area contributed by atoms with Crippen molar-refractivity contribution in [1.29, 1.82) is 0 Å². The third-order valence-electron chi connectivity index (χ3n) is 5.62. The van der Waals surface area contributed by atoms with Crippen LogP contribution in [0.3, 0.4) is 0 Å². The minimum atomic E-state index is -3.89. The monoisotopic (exact) mass is 507 g/mol. The Morgan fingerprint density at radius 2 is 1.86 bits per heavy atom. The Morgan fingerprint density at radius 1 is 1.14 bits per heavy atom. The zero-order valence-electron chi connectivity index (χ0n) is 20.0. The van der Waals surface area contributed by atoms with Crippen LogP contribution in [0.1, 0.15) is 32.3 Å². The zero-order chi connectivity index (χ0) is 25.6. The molecule has 1 atom stereocenters. The van der Waals surface area contributed by atoms with E-state index in [1.807, 2.05) is 6.92 Å². The van der Waals surface area contributed by atoms with Crippen molar-refractivity contribution in [2.24, 2.45) is 0 Å². The van der Waals surface area contributed by atoms with Gasteiger partial charge in [-0.25, -0.2) is 12.8 Å². The van der Waals surface area contributed by atoms with Crippen LogP contribution < -0.4 is 19.1 Å². The Labute approximate surface area is 204 Å². The summed E-state index contributed by atoms with van der Waals surface area (Å²) in [6, 6.07) is 9.50. The molecule has 1 aliphatic rings. The van der Waals surface area contributed by atoms with Crippen LogP contribution in [0.25, 0.3) is 0 Å². The van der Waals surface area contributed by atoms with E-state index >= 15 is 0 Å². The van der Waals surface area contributed by atoms with Crippen LogP contribution >= 0.6 is 0 Å². The van der Waals surface area contributed by atoms with Gasteiger partial charge in [-0.05, 0) is 31.5 Å². The van der Waals surface area contributed by atoms with Crippen molar-refractivity contribution in [2.45, 2.75) is 39.3 Å². The molecular formula is C24H30FN3O6S. The van der Waals surface area contributed by atoms with Crippen LogP contribution in [0.15, 0.2) is 42.5 Å². The first-order chi connectivity index (χ1) is 16.6. The van der Waals surface area contributed by atoms with Gasteiger partial charge in [0, 0.05) is 24.7 Å². The van der Waals surface area contributed by atoms with Gasteiger partial charge in [0.25, 0.3) is 0 Å². The molecule has 2 aromatic rings. The molecule has 2 amide bonds. The van der Waals surface area contributed by atoms with Gasteiger partial charge in [-0.3, -0.25) is 13.9 Å². The average molecular weight is 508 g/mol. The first kappa shape index (κ1) is 26.3. The van der Waals surface area contributed by atoms with Gasteiger partial charge in [-0.1, -0.05) is 31.5 Å². The van der Waals surface area contributed by atoms with Crippen LogP contribution in [0, 0.1) is 5.82 Å². The first-order valence-electron chi connectivity index (χ1n) is 11.3. The number of hydrogen-bond acceptors (Lipinski definition) is 6. The molecule has 9 nitrogen and oxygen atoms in total. The van der Waals surface area contributed by atoms with Gasteiger partial charge in [-0.15, -0.1) is 0 Å².